The Kier molecular flexibility index (Phi) is 4.87. The van der Waals surface area contributed by atoms with Gasteiger partial charge in [-0.3, -0.25) is 0 Å². The molecule has 4 heteroatoms. The SMILES string of the molecule is CCN(CCCBr)c1ccc(F)cn1. The van der Waals surface area contributed by atoms with Crippen LogP contribution in [0.1, 0.15) is 13.3 Å². The molecule has 78 valence electrons. The van der Waals surface area contributed by atoms with Gasteiger partial charge in [0, 0.05) is 18.4 Å². The molecule has 14 heavy (non-hydrogen) atoms. The van der Waals surface area contributed by atoms with Gasteiger partial charge < -0.3 is 4.90 Å². The van der Waals surface area contributed by atoms with Crippen molar-refractivity contribution in [3.8, 4) is 0 Å². The average molecular weight is 261 g/mol. The zero-order valence-electron chi connectivity index (χ0n) is 8.21. The van der Waals surface area contributed by atoms with Gasteiger partial charge in [0.2, 0.25) is 0 Å². The van der Waals surface area contributed by atoms with Gasteiger partial charge in [-0.1, -0.05) is 15.9 Å². The third-order valence-electron chi connectivity index (χ3n) is 1.98. The summed E-state index contributed by atoms with van der Waals surface area (Å²) < 4.78 is 12.6. The zero-order valence-corrected chi connectivity index (χ0v) is 9.80. The highest BCUT2D eigenvalue weighted by atomic mass is 79.9. The molecular formula is C10H14BrFN2. The van der Waals surface area contributed by atoms with Crippen LogP contribution >= 0.6 is 15.9 Å². The summed E-state index contributed by atoms with van der Waals surface area (Å²) in [5.41, 5.74) is 0. The normalized spacial score (nSPS) is 10.2. The monoisotopic (exact) mass is 260 g/mol. The first-order valence-corrected chi connectivity index (χ1v) is 5.82. The number of hydrogen-bond acceptors (Lipinski definition) is 2. The maximum atomic E-state index is 12.6. The number of halogens is 2. The van der Waals surface area contributed by atoms with E-state index >= 15 is 0 Å². The van der Waals surface area contributed by atoms with Crippen molar-refractivity contribution in [1.29, 1.82) is 0 Å². The van der Waals surface area contributed by atoms with E-state index in [4.69, 9.17) is 0 Å². The topological polar surface area (TPSA) is 16.1 Å². The molecule has 1 aromatic rings. The minimum atomic E-state index is -0.287. The van der Waals surface area contributed by atoms with Gasteiger partial charge in [0.15, 0.2) is 0 Å². The summed E-state index contributed by atoms with van der Waals surface area (Å²) >= 11 is 3.38. The predicted molar refractivity (Wildman–Crippen MR) is 60.5 cm³/mol. The Labute approximate surface area is 92.3 Å². The highest BCUT2D eigenvalue weighted by Crippen LogP contribution is 2.11. The smallest absolute Gasteiger partial charge is 0.141 e. The lowest BCUT2D eigenvalue weighted by atomic mass is 10.3. The lowest BCUT2D eigenvalue weighted by Gasteiger charge is -2.21. The van der Waals surface area contributed by atoms with E-state index in [9.17, 15) is 4.39 Å². The summed E-state index contributed by atoms with van der Waals surface area (Å²) in [4.78, 5) is 6.16. The quantitative estimate of drug-likeness (QED) is 0.758. The van der Waals surface area contributed by atoms with Crippen molar-refractivity contribution in [3.63, 3.8) is 0 Å². The van der Waals surface area contributed by atoms with Gasteiger partial charge in [0.05, 0.1) is 6.20 Å². The zero-order chi connectivity index (χ0) is 10.4. The lowest BCUT2D eigenvalue weighted by Crippen LogP contribution is -2.25. The molecule has 0 N–H and O–H groups in total. The van der Waals surface area contributed by atoms with Crippen LogP contribution in [0.3, 0.4) is 0 Å². The molecule has 0 aliphatic carbocycles. The second-order valence-corrected chi connectivity index (χ2v) is 3.75. The molecule has 1 heterocycles. The molecule has 0 spiro atoms. The number of hydrogen-bond donors (Lipinski definition) is 0. The Balaban J connectivity index is 2.64. The van der Waals surface area contributed by atoms with Crippen LogP contribution in [0.2, 0.25) is 0 Å². The van der Waals surface area contributed by atoms with Crippen LogP contribution in [0.15, 0.2) is 18.3 Å². The van der Waals surface area contributed by atoms with Crippen LogP contribution in [0.4, 0.5) is 10.2 Å². The van der Waals surface area contributed by atoms with E-state index in [-0.39, 0.29) is 5.82 Å². The van der Waals surface area contributed by atoms with E-state index in [0.717, 1.165) is 30.7 Å². The van der Waals surface area contributed by atoms with Gasteiger partial charge in [-0.15, -0.1) is 0 Å². The van der Waals surface area contributed by atoms with Crippen molar-refractivity contribution in [1.82, 2.24) is 4.98 Å². The number of nitrogens with zero attached hydrogens (tertiary/aromatic N) is 2. The molecule has 2 nitrogen and oxygen atoms in total. The molecule has 0 amide bonds. The van der Waals surface area contributed by atoms with Crippen LogP contribution in [0.5, 0.6) is 0 Å². The first-order valence-electron chi connectivity index (χ1n) is 4.70. The standard InChI is InChI=1S/C10H14BrFN2/c1-2-14(7-3-6-11)10-5-4-9(12)8-13-10/h4-5,8H,2-3,6-7H2,1H3. The number of pyridine rings is 1. The molecule has 1 aromatic heterocycles. The van der Waals surface area contributed by atoms with Gasteiger partial charge in [-0.2, -0.15) is 0 Å². The molecule has 0 aliphatic heterocycles. The van der Waals surface area contributed by atoms with Gasteiger partial charge >= 0.3 is 0 Å². The number of aromatic nitrogens is 1. The van der Waals surface area contributed by atoms with Crippen LogP contribution in [-0.2, 0) is 0 Å². The average Bonchev–Trinajstić information content (AvgIpc) is 2.21. The molecule has 0 fully saturated rings. The third-order valence-corrected chi connectivity index (χ3v) is 2.54. The van der Waals surface area contributed by atoms with E-state index in [1.165, 1.54) is 12.3 Å². The fourth-order valence-electron chi connectivity index (χ4n) is 1.24. The van der Waals surface area contributed by atoms with Crippen molar-refractivity contribution in [2.75, 3.05) is 23.3 Å². The van der Waals surface area contributed by atoms with Gasteiger partial charge in [0.25, 0.3) is 0 Å². The van der Waals surface area contributed by atoms with Crippen LogP contribution in [0.25, 0.3) is 0 Å². The van der Waals surface area contributed by atoms with E-state index in [2.05, 4.69) is 32.7 Å². The maximum Gasteiger partial charge on any atom is 0.141 e. The Morgan fingerprint density at radius 1 is 1.50 bits per heavy atom. The second-order valence-electron chi connectivity index (χ2n) is 2.96. The Morgan fingerprint density at radius 2 is 2.29 bits per heavy atom. The largest absolute Gasteiger partial charge is 0.357 e. The van der Waals surface area contributed by atoms with Gasteiger partial charge in [0.1, 0.15) is 11.6 Å². The minimum absolute atomic E-state index is 0.287. The first-order chi connectivity index (χ1) is 6.77. The molecule has 0 atom stereocenters. The fourth-order valence-corrected chi connectivity index (χ4v) is 1.49. The van der Waals surface area contributed by atoms with Crippen LogP contribution < -0.4 is 4.90 Å². The molecule has 0 saturated carbocycles. The maximum absolute atomic E-state index is 12.6. The van der Waals surface area contributed by atoms with E-state index in [1.54, 1.807) is 6.07 Å². The molecule has 0 aromatic carbocycles. The Hall–Kier alpha value is -0.640. The van der Waals surface area contributed by atoms with E-state index in [1.807, 2.05) is 0 Å². The number of rotatable bonds is 5. The van der Waals surface area contributed by atoms with Crippen molar-refractivity contribution in [2.24, 2.45) is 0 Å². The van der Waals surface area contributed by atoms with Crippen molar-refractivity contribution < 1.29 is 4.39 Å². The summed E-state index contributed by atoms with van der Waals surface area (Å²) in [5, 5.41) is 0.977. The van der Waals surface area contributed by atoms with Crippen molar-refractivity contribution in [2.45, 2.75) is 13.3 Å². The van der Waals surface area contributed by atoms with Gasteiger partial charge in [-0.25, -0.2) is 9.37 Å². The second kappa shape index (κ2) is 5.96. The lowest BCUT2D eigenvalue weighted by molar-refractivity contribution is 0.620. The summed E-state index contributed by atoms with van der Waals surface area (Å²) in [6, 6.07) is 3.16. The van der Waals surface area contributed by atoms with Crippen LogP contribution in [0, 0.1) is 5.82 Å². The first kappa shape index (κ1) is 11.4. The number of alkyl halides is 1. The van der Waals surface area contributed by atoms with Gasteiger partial charge in [-0.05, 0) is 25.5 Å². The molecule has 1 rings (SSSR count). The third kappa shape index (κ3) is 3.25. The molecular weight excluding hydrogens is 247 g/mol. The van der Waals surface area contributed by atoms with Crippen LogP contribution in [-0.4, -0.2) is 23.4 Å². The highest BCUT2D eigenvalue weighted by Gasteiger charge is 2.04. The Bertz CT molecular complexity index is 263. The minimum Gasteiger partial charge on any atom is -0.357 e. The summed E-state index contributed by atoms with van der Waals surface area (Å²) in [7, 11) is 0. The summed E-state index contributed by atoms with van der Waals surface area (Å²) in [6.45, 7) is 3.91. The van der Waals surface area contributed by atoms with E-state index in [0.29, 0.717) is 0 Å². The molecule has 0 radical (unpaired) electrons. The Morgan fingerprint density at radius 3 is 2.79 bits per heavy atom. The predicted octanol–water partition coefficient (Wildman–Crippen LogP) is 2.83. The molecule has 0 aliphatic rings. The highest BCUT2D eigenvalue weighted by molar-refractivity contribution is 9.09. The van der Waals surface area contributed by atoms with Crippen molar-refractivity contribution in [3.05, 3.63) is 24.1 Å². The summed E-state index contributed by atoms with van der Waals surface area (Å²) in [6.07, 6.45) is 2.32. The van der Waals surface area contributed by atoms with Crippen molar-refractivity contribution >= 4 is 21.7 Å². The fraction of sp³-hybridized carbons (Fsp3) is 0.500. The molecule has 0 bridgehead atoms. The molecule has 0 unspecified atom stereocenters. The summed E-state index contributed by atoms with van der Waals surface area (Å²) in [5.74, 6) is 0.556. The number of anilines is 1. The molecule has 0 saturated heterocycles. The van der Waals surface area contributed by atoms with E-state index < -0.39 is 0 Å².